The van der Waals surface area contributed by atoms with Gasteiger partial charge in [-0.15, -0.1) is 0 Å². The van der Waals surface area contributed by atoms with E-state index < -0.39 is 10.0 Å². The Morgan fingerprint density at radius 3 is 2.74 bits per heavy atom. The summed E-state index contributed by atoms with van der Waals surface area (Å²) in [7, 11) is -1.95. The van der Waals surface area contributed by atoms with Crippen LogP contribution in [0.2, 0.25) is 0 Å². The van der Waals surface area contributed by atoms with Gasteiger partial charge in [-0.2, -0.15) is 0 Å². The number of hydrogen-bond acceptors (Lipinski definition) is 9. The lowest BCUT2D eigenvalue weighted by Crippen LogP contribution is -2.36. The van der Waals surface area contributed by atoms with Crippen LogP contribution < -0.4 is 14.5 Å². The number of rotatable bonds is 7. The summed E-state index contributed by atoms with van der Waals surface area (Å²) < 4.78 is 30.5. The molecule has 5 rings (SSSR count). The molecule has 1 aromatic carbocycles. The number of benzene rings is 1. The van der Waals surface area contributed by atoms with Crippen molar-refractivity contribution in [2.45, 2.75) is 6.54 Å². The summed E-state index contributed by atoms with van der Waals surface area (Å²) in [5.41, 5.74) is 3.59. The summed E-state index contributed by atoms with van der Waals surface area (Å²) in [4.78, 5) is 23.5. The van der Waals surface area contributed by atoms with Gasteiger partial charge in [0.15, 0.2) is 11.6 Å². The fourth-order valence-corrected chi connectivity index (χ4v) is 4.37. The molecule has 0 atom stereocenters. The van der Waals surface area contributed by atoms with Crippen molar-refractivity contribution in [3.05, 3.63) is 54.4 Å². The van der Waals surface area contributed by atoms with Crippen LogP contribution in [-0.2, 0) is 21.3 Å². The van der Waals surface area contributed by atoms with Crippen molar-refractivity contribution in [2.24, 2.45) is 0 Å². The van der Waals surface area contributed by atoms with E-state index >= 15 is 0 Å². The molecule has 1 fully saturated rings. The van der Waals surface area contributed by atoms with Gasteiger partial charge in [0.05, 0.1) is 30.5 Å². The zero-order chi connectivity index (χ0) is 24.4. The third kappa shape index (κ3) is 5.03. The van der Waals surface area contributed by atoms with Crippen molar-refractivity contribution >= 4 is 38.4 Å². The van der Waals surface area contributed by atoms with Crippen molar-refractivity contribution < 1.29 is 13.2 Å². The van der Waals surface area contributed by atoms with Crippen LogP contribution in [0.1, 0.15) is 5.56 Å². The summed E-state index contributed by atoms with van der Waals surface area (Å²) in [5, 5.41) is 3.23. The lowest BCUT2D eigenvalue weighted by Gasteiger charge is -2.28. The number of imidazole rings is 1. The molecule has 1 aliphatic heterocycles. The van der Waals surface area contributed by atoms with Crippen LogP contribution in [0, 0.1) is 0 Å². The van der Waals surface area contributed by atoms with Gasteiger partial charge < -0.3 is 19.9 Å². The summed E-state index contributed by atoms with van der Waals surface area (Å²) in [6.07, 6.45) is 4.37. The average molecular weight is 495 g/mol. The highest BCUT2D eigenvalue weighted by Gasteiger charge is 2.17. The number of pyridine rings is 1. The quantitative estimate of drug-likeness (QED) is 0.397. The number of hydrogen-bond donors (Lipinski definition) is 2. The molecule has 0 bridgehead atoms. The molecule has 0 saturated carbocycles. The van der Waals surface area contributed by atoms with E-state index in [4.69, 9.17) is 4.74 Å². The number of H-pyrrole nitrogens is 1. The molecule has 0 aliphatic carbocycles. The Morgan fingerprint density at radius 2 is 1.94 bits per heavy atom. The highest BCUT2D eigenvalue weighted by Crippen LogP contribution is 2.25. The average Bonchev–Trinajstić information content (AvgIpc) is 3.31. The Labute approximate surface area is 203 Å². The minimum Gasteiger partial charge on any atom is -0.378 e. The molecule has 0 unspecified atom stereocenters. The van der Waals surface area contributed by atoms with Gasteiger partial charge >= 0.3 is 0 Å². The van der Waals surface area contributed by atoms with Crippen molar-refractivity contribution in [1.82, 2.24) is 24.9 Å². The number of sulfonamides is 1. The maximum absolute atomic E-state index is 12.0. The summed E-state index contributed by atoms with van der Waals surface area (Å²) in [6, 6.07) is 11.5. The van der Waals surface area contributed by atoms with Crippen LogP contribution in [-0.4, -0.2) is 72.9 Å². The molecule has 0 amide bonds. The summed E-state index contributed by atoms with van der Waals surface area (Å²) >= 11 is 0. The Bertz CT molecular complexity index is 1450. The van der Waals surface area contributed by atoms with Crippen molar-refractivity contribution in [3.63, 3.8) is 0 Å². The van der Waals surface area contributed by atoms with E-state index in [9.17, 15) is 8.42 Å². The largest absolute Gasteiger partial charge is 0.378 e. The molecular weight excluding hydrogens is 468 g/mol. The smallest absolute Gasteiger partial charge is 0.233 e. The molecule has 11 nitrogen and oxygen atoms in total. The van der Waals surface area contributed by atoms with Gasteiger partial charge in [-0.05, 0) is 30.3 Å². The van der Waals surface area contributed by atoms with Crippen LogP contribution in [0.4, 0.5) is 17.3 Å². The van der Waals surface area contributed by atoms with Gasteiger partial charge in [0.2, 0.25) is 10.0 Å². The van der Waals surface area contributed by atoms with Crippen molar-refractivity contribution in [3.8, 4) is 11.6 Å². The van der Waals surface area contributed by atoms with Gasteiger partial charge in [-0.1, -0.05) is 6.07 Å². The standard InChI is InChI=1S/C23H26N8O3S/c1-30(35(2,32)33)23-16(4-3-8-25-23)15-26-20-7-9-24-21(29-20)22-27-18-6-5-17(14-19(18)28-22)31-10-12-34-13-11-31/h3-9,14H,10-13,15H2,1-2H3,(H,27,28)(H,24,26,29). The number of nitrogens with zero attached hydrogens (tertiary/aromatic N) is 6. The van der Waals surface area contributed by atoms with Gasteiger partial charge in [-0.3, -0.25) is 4.31 Å². The highest BCUT2D eigenvalue weighted by molar-refractivity contribution is 7.92. The second kappa shape index (κ2) is 9.47. The molecule has 182 valence electrons. The van der Waals surface area contributed by atoms with E-state index in [0.717, 1.165) is 59.1 Å². The van der Waals surface area contributed by atoms with Crippen LogP contribution in [0.25, 0.3) is 22.7 Å². The molecule has 4 heterocycles. The maximum Gasteiger partial charge on any atom is 0.233 e. The normalized spacial score (nSPS) is 14.3. The molecule has 4 aromatic rings. The first-order valence-corrected chi connectivity index (χ1v) is 13.0. The highest BCUT2D eigenvalue weighted by atomic mass is 32.2. The molecule has 0 spiro atoms. The fourth-order valence-electron chi connectivity index (χ4n) is 3.89. The summed E-state index contributed by atoms with van der Waals surface area (Å²) in [6.45, 7) is 3.52. The van der Waals surface area contributed by atoms with E-state index in [-0.39, 0.29) is 0 Å². The van der Waals surface area contributed by atoms with E-state index in [1.54, 1.807) is 24.5 Å². The molecular formula is C23H26N8O3S. The Kier molecular flexibility index (Phi) is 6.22. The minimum absolute atomic E-state index is 0.336. The predicted octanol–water partition coefficient (Wildman–Crippen LogP) is 2.26. The summed E-state index contributed by atoms with van der Waals surface area (Å²) in [5.74, 6) is 1.98. The molecule has 35 heavy (non-hydrogen) atoms. The van der Waals surface area contributed by atoms with E-state index in [0.29, 0.717) is 29.8 Å². The number of anilines is 3. The molecule has 3 aromatic heterocycles. The Morgan fingerprint density at radius 1 is 1.11 bits per heavy atom. The number of aromatic nitrogens is 5. The first-order chi connectivity index (χ1) is 16.9. The zero-order valence-electron chi connectivity index (χ0n) is 19.5. The zero-order valence-corrected chi connectivity index (χ0v) is 20.3. The van der Waals surface area contributed by atoms with Gasteiger partial charge in [-0.25, -0.2) is 28.4 Å². The van der Waals surface area contributed by atoms with Gasteiger partial charge in [0.25, 0.3) is 0 Å². The van der Waals surface area contributed by atoms with E-state index in [1.165, 1.54) is 7.05 Å². The van der Waals surface area contributed by atoms with E-state index in [1.807, 2.05) is 12.1 Å². The van der Waals surface area contributed by atoms with Crippen molar-refractivity contribution in [2.75, 3.05) is 54.1 Å². The van der Waals surface area contributed by atoms with Crippen LogP contribution in [0.3, 0.4) is 0 Å². The topological polar surface area (TPSA) is 129 Å². The van der Waals surface area contributed by atoms with Gasteiger partial charge in [0, 0.05) is 50.3 Å². The first kappa shape index (κ1) is 23.0. The molecule has 1 aliphatic rings. The van der Waals surface area contributed by atoms with Gasteiger partial charge in [0.1, 0.15) is 11.6 Å². The second-order valence-corrected chi connectivity index (χ2v) is 10.2. The monoisotopic (exact) mass is 494 g/mol. The SMILES string of the molecule is CN(c1ncccc1CNc1ccnc(-c2nc3ccc(N4CCOCC4)cc3[nH]2)n1)S(C)(=O)=O. The van der Waals surface area contributed by atoms with Crippen LogP contribution in [0.15, 0.2) is 48.8 Å². The maximum atomic E-state index is 12.0. The van der Waals surface area contributed by atoms with Crippen LogP contribution in [0.5, 0.6) is 0 Å². The lowest BCUT2D eigenvalue weighted by molar-refractivity contribution is 0.122. The molecule has 2 N–H and O–H groups in total. The second-order valence-electron chi connectivity index (χ2n) is 8.22. The molecule has 0 radical (unpaired) electrons. The lowest BCUT2D eigenvalue weighted by atomic mass is 10.2. The number of morpholine rings is 1. The molecule has 1 saturated heterocycles. The number of aromatic amines is 1. The van der Waals surface area contributed by atoms with E-state index in [2.05, 4.69) is 47.3 Å². The third-order valence-corrected chi connectivity index (χ3v) is 7.00. The number of ether oxygens (including phenoxy) is 1. The van der Waals surface area contributed by atoms with Crippen molar-refractivity contribution in [1.29, 1.82) is 0 Å². The van der Waals surface area contributed by atoms with Crippen LogP contribution >= 0.6 is 0 Å². The minimum atomic E-state index is -3.43. The number of fused-ring (bicyclic) bond motifs is 1. The third-order valence-electron chi connectivity index (χ3n) is 5.83. The number of nitrogens with one attached hydrogen (secondary N) is 2. The molecule has 12 heteroatoms. The fraction of sp³-hybridized carbons (Fsp3) is 0.304. The Balaban J connectivity index is 1.35. The Hall–Kier alpha value is -3.77. The first-order valence-electron chi connectivity index (χ1n) is 11.2. The predicted molar refractivity (Wildman–Crippen MR) is 135 cm³/mol.